The van der Waals surface area contributed by atoms with Crippen LogP contribution in [0.1, 0.15) is 11.6 Å². The molecule has 0 aliphatic heterocycles. The molecule has 0 bridgehead atoms. The average molecular weight is 422 g/mol. The third-order valence-electron chi connectivity index (χ3n) is 2.47. The minimum atomic E-state index is -1.89. The van der Waals surface area contributed by atoms with Crippen LogP contribution in [0.4, 0.5) is 0 Å². The molecule has 22 heavy (non-hydrogen) atoms. The van der Waals surface area contributed by atoms with E-state index in [4.69, 9.17) is 74.3 Å². The number of hydrogen-bond donors (Lipinski definition) is 0. The van der Waals surface area contributed by atoms with Crippen LogP contribution in [0.2, 0.25) is 0 Å². The molecule has 0 unspecified atom stereocenters. The van der Waals surface area contributed by atoms with Gasteiger partial charge in [0.05, 0.1) is 7.11 Å². The van der Waals surface area contributed by atoms with Crippen LogP contribution in [0.5, 0.6) is 5.75 Å². The molecule has 1 aromatic heterocycles. The van der Waals surface area contributed by atoms with Crippen molar-refractivity contribution in [2.45, 2.75) is 7.59 Å². The van der Waals surface area contributed by atoms with E-state index in [-0.39, 0.29) is 17.5 Å². The number of benzene rings is 1. The predicted octanol–water partition coefficient (Wildman–Crippen LogP) is 5.20. The van der Waals surface area contributed by atoms with Crippen LogP contribution in [0, 0.1) is 0 Å². The highest BCUT2D eigenvalue weighted by atomic mass is 35.6. The van der Waals surface area contributed by atoms with Gasteiger partial charge in [-0.25, -0.2) is 15.0 Å². The van der Waals surface area contributed by atoms with E-state index in [9.17, 15) is 0 Å². The average Bonchev–Trinajstić information content (AvgIpc) is 2.45. The van der Waals surface area contributed by atoms with Crippen LogP contribution < -0.4 is 4.74 Å². The van der Waals surface area contributed by atoms with Crippen LogP contribution in [-0.2, 0) is 7.59 Å². The number of ether oxygens (including phenoxy) is 1. The number of hydrogen-bond acceptors (Lipinski definition) is 4. The summed E-state index contributed by atoms with van der Waals surface area (Å²) in [7, 11) is 1.53. The fourth-order valence-electron chi connectivity index (χ4n) is 1.52. The molecule has 1 aromatic carbocycles. The first-order valence-electron chi connectivity index (χ1n) is 5.66. The lowest BCUT2D eigenvalue weighted by Crippen LogP contribution is -2.16. The Morgan fingerprint density at radius 3 is 1.86 bits per heavy atom. The molecule has 0 spiro atoms. The van der Waals surface area contributed by atoms with Gasteiger partial charge in [0.25, 0.3) is 0 Å². The van der Waals surface area contributed by atoms with Gasteiger partial charge in [-0.3, -0.25) is 0 Å². The van der Waals surface area contributed by atoms with Crippen molar-refractivity contribution in [3.63, 3.8) is 0 Å². The zero-order valence-corrected chi connectivity index (χ0v) is 15.4. The second-order valence-electron chi connectivity index (χ2n) is 4.03. The Kier molecular flexibility index (Phi) is 5.53. The van der Waals surface area contributed by atoms with Gasteiger partial charge in [0.15, 0.2) is 17.5 Å². The van der Waals surface area contributed by atoms with Crippen molar-refractivity contribution in [3.05, 3.63) is 35.9 Å². The number of nitrogens with zero attached hydrogens (tertiary/aromatic N) is 3. The number of aromatic nitrogens is 3. The number of halogens is 6. The van der Waals surface area contributed by atoms with Crippen LogP contribution >= 0.6 is 69.6 Å². The van der Waals surface area contributed by atoms with Crippen LogP contribution in [0.25, 0.3) is 11.4 Å². The molecule has 0 N–H and O–H groups in total. The van der Waals surface area contributed by atoms with Crippen LogP contribution in [0.15, 0.2) is 24.3 Å². The normalized spacial score (nSPS) is 12.3. The van der Waals surface area contributed by atoms with Gasteiger partial charge in [-0.15, -0.1) is 0 Å². The van der Waals surface area contributed by atoms with Crippen molar-refractivity contribution >= 4 is 69.6 Å². The fourth-order valence-corrected chi connectivity index (χ4v) is 2.03. The lowest BCUT2D eigenvalue weighted by atomic mass is 10.2. The Labute approximate surface area is 156 Å². The van der Waals surface area contributed by atoms with Gasteiger partial charge >= 0.3 is 0 Å². The highest BCUT2D eigenvalue weighted by molar-refractivity contribution is 6.67. The fraction of sp³-hybridized carbons (Fsp3) is 0.250. The smallest absolute Gasteiger partial charge is 0.250 e. The van der Waals surface area contributed by atoms with Crippen molar-refractivity contribution in [2.75, 3.05) is 7.11 Å². The minimum Gasteiger partial charge on any atom is -0.497 e. The van der Waals surface area contributed by atoms with Crippen molar-refractivity contribution in [1.29, 1.82) is 0 Å². The molecule has 2 aromatic rings. The molecule has 4 nitrogen and oxygen atoms in total. The first kappa shape index (κ1) is 18.1. The molecule has 0 aliphatic carbocycles. The Balaban J connectivity index is 2.64. The first-order valence-corrected chi connectivity index (χ1v) is 7.93. The number of rotatable bonds is 2. The standard InChI is InChI=1S/C12H7Cl6N3O/c1-22-7-4-2-3-6(5-7)8-19-9(11(13,14)15)21-10(20-8)12(16,17)18/h2-5H,1H3. The lowest BCUT2D eigenvalue weighted by Gasteiger charge is -2.15. The van der Waals surface area contributed by atoms with E-state index in [0.29, 0.717) is 11.3 Å². The van der Waals surface area contributed by atoms with Gasteiger partial charge in [-0.05, 0) is 12.1 Å². The summed E-state index contributed by atoms with van der Waals surface area (Å²) in [5.74, 6) is 0.499. The summed E-state index contributed by atoms with van der Waals surface area (Å²) in [5, 5.41) is 0. The molecular weight excluding hydrogens is 415 g/mol. The summed E-state index contributed by atoms with van der Waals surface area (Å²) in [4.78, 5) is 12.1. The van der Waals surface area contributed by atoms with E-state index >= 15 is 0 Å². The largest absolute Gasteiger partial charge is 0.497 e. The van der Waals surface area contributed by atoms with Crippen molar-refractivity contribution in [2.24, 2.45) is 0 Å². The lowest BCUT2D eigenvalue weighted by molar-refractivity contribution is 0.415. The van der Waals surface area contributed by atoms with Crippen molar-refractivity contribution < 1.29 is 4.74 Å². The summed E-state index contributed by atoms with van der Waals surface area (Å²) >= 11 is 34.9. The Morgan fingerprint density at radius 2 is 1.41 bits per heavy atom. The second-order valence-corrected chi connectivity index (χ2v) is 8.60. The molecule has 0 radical (unpaired) electrons. The Hall–Kier alpha value is -0.230. The molecule has 1 heterocycles. The van der Waals surface area contributed by atoms with Gasteiger partial charge in [0, 0.05) is 5.56 Å². The Morgan fingerprint density at radius 1 is 0.864 bits per heavy atom. The highest BCUT2D eigenvalue weighted by Gasteiger charge is 2.34. The van der Waals surface area contributed by atoms with Gasteiger partial charge in [0.2, 0.25) is 7.59 Å². The van der Waals surface area contributed by atoms with Gasteiger partial charge in [-0.1, -0.05) is 81.7 Å². The predicted molar refractivity (Wildman–Crippen MR) is 90.3 cm³/mol. The summed E-state index contributed by atoms with van der Waals surface area (Å²) in [6.07, 6.45) is 0. The second kappa shape index (κ2) is 6.71. The number of alkyl halides is 6. The maximum absolute atomic E-state index is 5.82. The summed E-state index contributed by atoms with van der Waals surface area (Å²) in [6, 6.07) is 6.94. The van der Waals surface area contributed by atoms with Gasteiger partial charge < -0.3 is 4.74 Å². The van der Waals surface area contributed by atoms with E-state index in [1.807, 2.05) is 0 Å². The zero-order valence-electron chi connectivity index (χ0n) is 10.8. The first-order chi connectivity index (χ1) is 10.1. The number of methoxy groups -OCH3 is 1. The van der Waals surface area contributed by atoms with Crippen LogP contribution in [-0.4, -0.2) is 22.1 Å². The van der Waals surface area contributed by atoms with E-state index in [0.717, 1.165) is 0 Å². The SMILES string of the molecule is COc1cccc(-c2nc(C(Cl)(Cl)Cl)nc(C(Cl)(Cl)Cl)n2)c1. The summed E-state index contributed by atoms with van der Waals surface area (Å²) in [5.41, 5.74) is 0.591. The third-order valence-corrected chi connectivity index (χ3v) is 3.48. The molecule has 10 heteroatoms. The molecule has 118 valence electrons. The Bertz CT molecular complexity index is 651. The van der Waals surface area contributed by atoms with E-state index in [1.165, 1.54) is 7.11 Å². The quantitative estimate of drug-likeness (QED) is 0.625. The molecule has 0 aliphatic rings. The molecular formula is C12H7Cl6N3O. The zero-order chi connectivity index (χ0) is 16.5. The molecule has 0 saturated heterocycles. The topological polar surface area (TPSA) is 47.9 Å². The molecule has 2 rings (SSSR count). The van der Waals surface area contributed by atoms with E-state index < -0.39 is 7.59 Å². The van der Waals surface area contributed by atoms with E-state index in [2.05, 4.69) is 15.0 Å². The van der Waals surface area contributed by atoms with Crippen LogP contribution in [0.3, 0.4) is 0 Å². The maximum atomic E-state index is 5.82. The van der Waals surface area contributed by atoms with Crippen molar-refractivity contribution in [1.82, 2.24) is 15.0 Å². The van der Waals surface area contributed by atoms with Crippen molar-refractivity contribution in [3.8, 4) is 17.1 Å². The highest BCUT2D eigenvalue weighted by Crippen LogP contribution is 2.40. The molecule has 0 atom stereocenters. The maximum Gasteiger partial charge on any atom is 0.250 e. The minimum absolute atomic E-state index is 0.147. The van der Waals surface area contributed by atoms with Gasteiger partial charge in [0.1, 0.15) is 5.75 Å². The van der Waals surface area contributed by atoms with Gasteiger partial charge in [-0.2, -0.15) is 0 Å². The molecule has 0 amide bonds. The monoisotopic (exact) mass is 419 g/mol. The molecule has 0 fully saturated rings. The molecule has 0 saturated carbocycles. The summed E-state index contributed by atoms with van der Waals surface area (Å²) < 4.78 is 1.37. The summed E-state index contributed by atoms with van der Waals surface area (Å²) in [6.45, 7) is 0. The third kappa shape index (κ3) is 4.40. The van der Waals surface area contributed by atoms with E-state index in [1.54, 1.807) is 24.3 Å².